The fraction of sp³-hybridized carbons (Fsp3) is 0. The third-order valence-corrected chi connectivity index (χ3v) is 23.8. The molecule has 9 aromatic rings. The number of hydrogen-bond donors (Lipinski definition) is 0. The first-order valence-corrected chi connectivity index (χ1v) is 30.0. The zero-order valence-electron chi connectivity index (χ0n) is 34.7. The highest BCUT2D eigenvalue weighted by Gasteiger charge is 2.49. The maximum atomic E-state index is 6.91. The second kappa shape index (κ2) is 20.2. The third-order valence-electron chi connectivity index (χ3n) is 11.8. The van der Waals surface area contributed by atoms with Gasteiger partial charge in [-0.3, -0.25) is 0 Å². The SMILES string of the molecule is Cl[Si](Cl)(C1=CC=[C+]C=C1)c1ccccc1.Clc1ccc(-c2c(Br)cc(Cl)c3ccccc23)c(Br)c1.Clc1ccc2c(c1)[Si](c1ccccc1)(c1ccccc1)c1cc(Cl)c3ccccc3c1-2. The van der Waals surface area contributed by atoms with Crippen LogP contribution in [-0.4, -0.2) is 14.8 Å². The summed E-state index contributed by atoms with van der Waals surface area (Å²) in [7, 11) is -2.57. The van der Waals surface area contributed by atoms with Gasteiger partial charge in [0.1, 0.15) is 12.2 Å². The highest BCUT2D eigenvalue weighted by atomic mass is 79.9. The number of halogens is 8. The van der Waals surface area contributed by atoms with E-state index in [-0.39, 0.29) is 0 Å². The van der Waals surface area contributed by atoms with E-state index in [2.05, 4.69) is 147 Å². The molecule has 0 aromatic heterocycles. The van der Waals surface area contributed by atoms with Crippen LogP contribution < -0.4 is 25.9 Å². The van der Waals surface area contributed by atoms with Crippen LogP contribution in [0.2, 0.25) is 20.1 Å². The predicted octanol–water partition coefficient (Wildman–Crippen LogP) is 16.1. The Bertz CT molecular complexity index is 3320. The first-order valence-electron chi connectivity index (χ1n) is 20.9. The van der Waals surface area contributed by atoms with Crippen molar-refractivity contribution in [1.82, 2.24) is 0 Å². The standard InChI is InChI=1S/C28H18Cl2Si.C16H8Br2Cl2.C12H9Cl2Si/c29-19-15-16-24-26(17-19)31(20-9-3-1-4-10-20,21-11-5-2-6-12-21)27-18-25(30)22-13-7-8-14-23(22)28(24)27;17-13-7-9(19)5-6-12(13)16-11-4-2-1-3-10(11)15(20)8-14(16)18;13-15(14,11-7-3-1-4-8-11)12-9-5-2-6-10-12/h1-18H;1-8H;1,3-10H/q;;+1. The Balaban J connectivity index is 0.000000135. The Kier molecular flexibility index (Phi) is 14.3. The smallest absolute Gasteiger partial charge is 0.131 e. The average Bonchev–Trinajstić information content (AvgIpc) is 3.63. The van der Waals surface area contributed by atoms with Gasteiger partial charge in [-0.05, 0) is 89.8 Å². The van der Waals surface area contributed by atoms with Gasteiger partial charge in [-0.25, -0.2) is 0 Å². The molecule has 9 aromatic carbocycles. The van der Waals surface area contributed by atoms with Crippen molar-refractivity contribution in [2.24, 2.45) is 0 Å². The van der Waals surface area contributed by atoms with Gasteiger partial charge in [-0.2, -0.15) is 0 Å². The fourth-order valence-electron chi connectivity index (χ4n) is 8.95. The summed E-state index contributed by atoms with van der Waals surface area (Å²) in [5.74, 6) is 0. The molecular weight excluding hydrogens is 1100 g/mol. The summed E-state index contributed by atoms with van der Waals surface area (Å²) in [6.45, 7) is -2.53. The van der Waals surface area contributed by atoms with Gasteiger partial charge < -0.3 is 0 Å². The number of rotatable bonds is 5. The Morgan fingerprint density at radius 3 is 1.52 bits per heavy atom. The predicted molar refractivity (Wildman–Crippen MR) is 300 cm³/mol. The largest absolute Gasteiger partial charge is 0.336 e. The average molecular weight is 1140 g/mol. The summed E-state index contributed by atoms with van der Waals surface area (Å²) < 4.78 is 1.92. The maximum absolute atomic E-state index is 6.91. The molecule has 2 aliphatic rings. The summed E-state index contributed by atoms with van der Waals surface area (Å²) in [5.41, 5.74) is 4.75. The van der Waals surface area contributed by atoms with Crippen molar-refractivity contribution in [3.05, 3.63) is 253 Å². The molecule has 1 aliphatic carbocycles. The second-order valence-electron chi connectivity index (χ2n) is 15.6. The molecule has 0 radical (unpaired) electrons. The van der Waals surface area contributed by atoms with E-state index < -0.39 is 14.8 Å². The van der Waals surface area contributed by atoms with Crippen molar-refractivity contribution >= 4 is 163 Å². The Morgan fingerprint density at radius 2 is 0.955 bits per heavy atom. The lowest BCUT2D eigenvalue weighted by atomic mass is 9.98. The monoisotopic (exact) mass is 1130 g/mol. The van der Waals surface area contributed by atoms with Crippen molar-refractivity contribution in [3.8, 4) is 22.3 Å². The van der Waals surface area contributed by atoms with Crippen molar-refractivity contribution in [2.45, 2.75) is 0 Å². The molecule has 0 saturated carbocycles. The second-order valence-corrected chi connectivity index (χ2v) is 29.0. The van der Waals surface area contributed by atoms with Crippen LogP contribution in [0.3, 0.4) is 0 Å². The molecular formula is C56H35Br2Cl6Si2+. The molecule has 1 aliphatic heterocycles. The van der Waals surface area contributed by atoms with E-state index in [1.807, 2.05) is 103 Å². The van der Waals surface area contributed by atoms with E-state index in [1.165, 1.54) is 37.3 Å². The van der Waals surface area contributed by atoms with Crippen LogP contribution in [0, 0.1) is 6.08 Å². The minimum Gasteiger partial charge on any atom is -0.131 e. The van der Waals surface area contributed by atoms with Crippen LogP contribution in [0.15, 0.2) is 227 Å². The van der Waals surface area contributed by atoms with Crippen molar-refractivity contribution in [3.63, 3.8) is 0 Å². The molecule has 0 amide bonds. The van der Waals surface area contributed by atoms with Crippen molar-refractivity contribution in [2.75, 3.05) is 0 Å². The normalized spacial score (nSPS) is 13.1. The fourth-order valence-corrected chi connectivity index (χ4v) is 19.8. The Hall–Kier alpha value is -4.24. The number of fused-ring (bicyclic) bond motifs is 6. The maximum Gasteiger partial charge on any atom is 0.336 e. The Morgan fingerprint density at radius 1 is 0.455 bits per heavy atom. The van der Waals surface area contributed by atoms with Gasteiger partial charge in [-0.1, -0.05) is 230 Å². The summed E-state index contributed by atoms with van der Waals surface area (Å²) in [5, 5.41) is 14.8. The van der Waals surface area contributed by atoms with Gasteiger partial charge in [0.2, 0.25) is 0 Å². The molecule has 1 heterocycles. The minimum atomic E-state index is -2.57. The van der Waals surface area contributed by atoms with E-state index >= 15 is 0 Å². The van der Waals surface area contributed by atoms with Gasteiger partial charge in [0, 0.05) is 63.6 Å². The quantitative estimate of drug-likeness (QED) is 0.0915. The van der Waals surface area contributed by atoms with Gasteiger partial charge in [0.15, 0.2) is 8.07 Å². The van der Waals surface area contributed by atoms with Gasteiger partial charge in [-0.15, -0.1) is 22.2 Å². The van der Waals surface area contributed by atoms with Crippen LogP contribution in [0.25, 0.3) is 43.8 Å². The van der Waals surface area contributed by atoms with E-state index in [4.69, 9.17) is 68.6 Å². The zero-order chi connectivity index (χ0) is 46.0. The molecule has 0 nitrogen and oxygen atoms in total. The molecule has 0 N–H and O–H groups in total. The highest BCUT2D eigenvalue weighted by Crippen LogP contribution is 2.43. The summed E-state index contributed by atoms with van der Waals surface area (Å²) in [6.07, 6.45) is 10.5. The third kappa shape index (κ3) is 8.96. The van der Waals surface area contributed by atoms with Crippen LogP contribution in [-0.2, 0) is 0 Å². The number of allylic oxidation sites excluding steroid dienone is 6. The van der Waals surface area contributed by atoms with Crippen LogP contribution in [0.5, 0.6) is 0 Å². The number of benzene rings is 9. The van der Waals surface area contributed by atoms with Crippen LogP contribution in [0.4, 0.5) is 0 Å². The lowest BCUT2D eigenvalue weighted by Crippen LogP contribution is -2.72. The van der Waals surface area contributed by atoms with Crippen LogP contribution >= 0.6 is 100 Å². The molecule has 0 fully saturated rings. The molecule has 11 rings (SSSR count). The molecule has 0 spiro atoms. The first kappa shape index (κ1) is 46.9. The van der Waals surface area contributed by atoms with Crippen molar-refractivity contribution < 1.29 is 0 Å². The first-order chi connectivity index (χ1) is 32.0. The zero-order valence-corrected chi connectivity index (χ0v) is 44.4. The minimum absolute atomic E-state index is 0.704. The highest BCUT2D eigenvalue weighted by molar-refractivity contribution is 9.11. The van der Waals surface area contributed by atoms with E-state index in [0.717, 1.165) is 61.7 Å². The molecule has 0 unspecified atom stereocenters. The van der Waals surface area contributed by atoms with Gasteiger partial charge >= 0.3 is 6.69 Å². The lowest BCUT2D eigenvalue weighted by molar-refractivity contribution is 1.59. The molecule has 0 atom stereocenters. The summed E-state index contributed by atoms with van der Waals surface area (Å²) >= 11 is 46.0. The summed E-state index contributed by atoms with van der Waals surface area (Å²) in [4.78, 5) is 0. The molecule has 66 heavy (non-hydrogen) atoms. The molecule has 0 saturated heterocycles. The number of hydrogen-bond acceptors (Lipinski definition) is 0. The van der Waals surface area contributed by atoms with E-state index in [0.29, 0.717) is 5.02 Å². The lowest BCUT2D eigenvalue weighted by Gasteiger charge is -2.31. The molecule has 0 bridgehead atoms. The van der Waals surface area contributed by atoms with Crippen molar-refractivity contribution in [1.29, 1.82) is 0 Å². The topological polar surface area (TPSA) is 0 Å². The summed E-state index contributed by atoms with van der Waals surface area (Å²) in [6, 6.07) is 64.5. The van der Waals surface area contributed by atoms with E-state index in [1.54, 1.807) is 0 Å². The van der Waals surface area contributed by atoms with Gasteiger partial charge in [0.25, 0.3) is 0 Å². The molecule has 322 valence electrons. The Labute approximate surface area is 433 Å². The van der Waals surface area contributed by atoms with E-state index in [9.17, 15) is 0 Å². The van der Waals surface area contributed by atoms with Crippen LogP contribution in [0.1, 0.15) is 0 Å². The molecule has 10 heteroatoms. The van der Waals surface area contributed by atoms with Gasteiger partial charge in [0.05, 0.1) is 5.20 Å².